The maximum absolute atomic E-state index is 11.7. The molecule has 1 fully saturated rings. The van der Waals surface area contributed by atoms with Crippen LogP contribution in [0.15, 0.2) is 24.3 Å². The van der Waals surface area contributed by atoms with Gasteiger partial charge in [-0.1, -0.05) is 6.92 Å². The van der Waals surface area contributed by atoms with Gasteiger partial charge in [0.1, 0.15) is 12.4 Å². The molecule has 6 nitrogen and oxygen atoms in total. The van der Waals surface area contributed by atoms with E-state index in [2.05, 4.69) is 10.2 Å². The van der Waals surface area contributed by atoms with E-state index in [1.54, 1.807) is 12.1 Å². The van der Waals surface area contributed by atoms with Gasteiger partial charge in [-0.2, -0.15) is 0 Å². The lowest BCUT2D eigenvalue weighted by molar-refractivity contribution is -0.129. The monoisotopic (exact) mass is 292 g/mol. The summed E-state index contributed by atoms with van der Waals surface area (Å²) in [5.74, 6) is -0.240. The van der Waals surface area contributed by atoms with Gasteiger partial charge in [-0.25, -0.2) is 4.79 Å². The smallest absolute Gasteiger partial charge is 0.335 e. The molecule has 114 valence electrons. The molecule has 6 heteroatoms. The van der Waals surface area contributed by atoms with Crippen LogP contribution in [0.5, 0.6) is 5.75 Å². The molecule has 2 N–H and O–H groups in total. The third kappa shape index (κ3) is 3.95. The van der Waals surface area contributed by atoms with Gasteiger partial charge in [0.2, 0.25) is 5.91 Å². The number of hydrogen-bond acceptors (Lipinski definition) is 4. The molecule has 1 saturated heterocycles. The highest BCUT2D eigenvalue weighted by atomic mass is 16.5. The van der Waals surface area contributed by atoms with Crippen molar-refractivity contribution in [2.75, 3.05) is 26.2 Å². The molecule has 1 unspecified atom stereocenters. The predicted octanol–water partition coefficient (Wildman–Crippen LogP) is 0.974. The molecule has 1 aliphatic rings. The van der Waals surface area contributed by atoms with Crippen molar-refractivity contribution in [1.29, 1.82) is 0 Å². The molecular formula is C15H20N2O4. The standard InChI is InChI=1S/C15H20N2O4/c1-2-13-14(18)16-7-8-17(13)9-10-21-12-5-3-11(4-6-12)15(19)20/h3-6,13H,2,7-10H2,1H3,(H,16,18)(H,19,20). The average Bonchev–Trinajstić information content (AvgIpc) is 2.48. The Morgan fingerprint density at radius 2 is 2.14 bits per heavy atom. The van der Waals surface area contributed by atoms with Crippen LogP contribution < -0.4 is 10.1 Å². The second kappa shape index (κ2) is 7.08. The van der Waals surface area contributed by atoms with Gasteiger partial charge in [-0.05, 0) is 30.7 Å². The summed E-state index contributed by atoms with van der Waals surface area (Å²) < 4.78 is 5.61. The van der Waals surface area contributed by atoms with Crippen molar-refractivity contribution in [3.05, 3.63) is 29.8 Å². The fourth-order valence-electron chi connectivity index (χ4n) is 2.45. The number of hydrogen-bond donors (Lipinski definition) is 2. The summed E-state index contributed by atoms with van der Waals surface area (Å²) in [4.78, 5) is 24.6. The molecule has 0 aliphatic carbocycles. The molecule has 0 spiro atoms. The molecule has 0 aromatic heterocycles. The molecule has 1 atom stereocenters. The molecule has 0 bridgehead atoms. The summed E-state index contributed by atoms with van der Waals surface area (Å²) in [6, 6.07) is 6.23. The number of benzene rings is 1. The van der Waals surface area contributed by atoms with E-state index in [1.165, 1.54) is 12.1 Å². The number of amides is 1. The zero-order chi connectivity index (χ0) is 15.2. The van der Waals surface area contributed by atoms with Gasteiger partial charge in [0.05, 0.1) is 11.6 Å². The zero-order valence-electron chi connectivity index (χ0n) is 12.0. The van der Waals surface area contributed by atoms with E-state index in [0.29, 0.717) is 25.4 Å². The maximum Gasteiger partial charge on any atom is 0.335 e. The number of nitrogens with one attached hydrogen (secondary N) is 1. The molecule has 21 heavy (non-hydrogen) atoms. The Hall–Kier alpha value is -2.08. The van der Waals surface area contributed by atoms with E-state index >= 15 is 0 Å². The Kier molecular flexibility index (Phi) is 5.16. The molecule has 1 aromatic carbocycles. The number of piperazine rings is 1. The van der Waals surface area contributed by atoms with Crippen molar-refractivity contribution in [3.8, 4) is 5.75 Å². The van der Waals surface area contributed by atoms with Crippen molar-refractivity contribution in [2.45, 2.75) is 19.4 Å². The zero-order valence-corrected chi connectivity index (χ0v) is 12.0. The summed E-state index contributed by atoms with van der Waals surface area (Å²) in [5.41, 5.74) is 0.237. The van der Waals surface area contributed by atoms with Gasteiger partial charge in [0.15, 0.2) is 0 Å². The molecule has 1 heterocycles. The first-order valence-electron chi connectivity index (χ1n) is 7.09. The normalized spacial score (nSPS) is 19.1. The third-order valence-corrected chi connectivity index (χ3v) is 3.58. The minimum Gasteiger partial charge on any atom is -0.492 e. The Morgan fingerprint density at radius 3 is 2.76 bits per heavy atom. The van der Waals surface area contributed by atoms with Crippen molar-refractivity contribution in [2.24, 2.45) is 0 Å². The number of carbonyl (C=O) groups is 2. The number of carboxylic acid groups (broad SMARTS) is 1. The lowest BCUT2D eigenvalue weighted by atomic mass is 10.1. The van der Waals surface area contributed by atoms with Crippen LogP contribution in [0.3, 0.4) is 0 Å². The van der Waals surface area contributed by atoms with E-state index in [4.69, 9.17) is 9.84 Å². The van der Waals surface area contributed by atoms with Crippen LogP contribution in [0, 0.1) is 0 Å². The quantitative estimate of drug-likeness (QED) is 0.817. The van der Waals surface area contributed by atoms with E-state index in [-0.39, 0.29) is 17.5 Å². The van der Waals surface area contributed by atoms with Crippen LogP contribution in [0.2, 0.25) is 0 Å². The number of carbonyl (C=O) groups excluding carboxylic acids is 1. The van der Waals surface area contributed by atoms with Crippen LogP contribution in [-0.4, -0.2) is 54.2 Å². The van der Waals surface area contributed by atoms with Crippen LogP contribution >= 0.6 is 0 Å². The molecule has 2 rings (SSSR count). The fourth-order valence-corrected chi connectivity index (χ4v) is 2.45. The minimum absolute atomic E-state index is 0.0783. The Morgan fingerprint density at radius 1 is 1.43 bits per heavy atom. The number of rotatable bonds is 6. The summed E-state index contributed by atoms with van der Waals surface area (Å²) in [5, 5.41) is 11.7. The van der Waals surface area contributed by atoms with Gasteiger partial charge in [0, 0.05) is 19.6 Å². The average molecular weight is 292 g/mol. The number of ether oxygens (including phenoxy) is 1. The summed E-state index contributed by atoms with van der Waals surface area (Å²) in [6.45, 7) is 4.63. The maximum atomic E-state index is 11.7. The first-order valence-corrected chi connectivity index (χ1v) is 7.09. The lowest BCUT2D eigenvalue weighted by Gasteiger charge is -2.34. The molecule has 0 saturated carbocycles. The molecule has 1 aliphatic heterocycles. The van der Waals surface area contributed by atoms with Crippen LogP contribution in [0.4, 0.5) is 0 Å². The summed E-state index contributed by atoms with van der Waals surface area (Å²) >= 11 is 0. The van der Waals surface area contributed by atoms with Gasteiger partial charge < -0.3 is 15.2 Å². The molecular weight excluding hydrogens is 272 g/mol. The third-order valence-electron chi connectivity index (χ3n) is 3.58. The highest BCUT2D eigenvalue weighted by Gasteiger charge is 2.27. The van der Waals surface area contributed by atoms with E-state index in [0.717, 1.165) is 13.0 Å². The molecule has 1 aromatic rings. The van der Waals surface area contributed by atoms with Gasteiger partial charge in [0.25, 0.3) is 0 Å². The molecule has 0 radical (unpaired) electrons. The topological polar surface area (TPSA) is 78.9 Å². The van der Waals surface area contributed by atoms with Crippen LogP contribution in [-0.2, 0) is 4.79 Å². The summed E-state index contributed by atoms with van der Waals surface area (Å²) in [6.07, 6.45) is 0.777. The van der Waals surface area contributed by atoms with Gasteiger partial charge in [-0.3, -0.25) is 9.69 Å². The number of carboxylic acids is 1. The van der Waals surface area contributed by atoms with E-state index in [9.17, 15) is 9.59 Å². The van der Waals surface area contributed by atoms with Crippen LogP contribution in [0.25, 0.3) is 0 Å². The summed E-state index contributed by atoms with van der Waals surface area (Å²) in [7, 11) is 0. The highest BCUT2D eigenvalue weighted by molar-refractivity contribution is 5.87. The minimum atomic E-state index is -0.952. The SMILES string of the molecule is CCC1C(=O)NCCN1CCOc1ccc(C(=O)O)cc1. The number of aromatic carboxylic acids is 1. The lowest BCUT2D eigenvalue weighted by Crippen LogP contribution is -2.55. The second-order valence-corrected chi connectivity index (χ2v) is 4.93. The second-order valence-electron chi connectivity index (χ2n) is 4.93. The number of nitrogens with zero attached hydrogens (tertiary/aromatic N) is 1. The first-order chi connectivity index (χ1) is 10.1. The fraction of sp³-hybridized carbons (Fsp3) is 0.467. The molecule has 1 amide bonds. The van der Waals surface area contributed by atoms with Crippen molar-refractivity contribution in [1.82, 2.24) is 10.2 Å². The Bertz CT molecular complexity index is 501. The van der Waals surface area contributed by atoms with Crippen molar-refractivity contribution in [3.63, 3.8) is 0 Å². The van der Waals surface area contributed by atoms with Crippen LogP contribution in [0.1, 0.15) is 23.7 Å². The van der Waals surface area contributed by atoms with Crippen molar-refractivity contribution < 1.29 is 19.4 Å². The Balaban J connectivity index is 1.83. The van der Waals surface area contributed by atoms with E-state index in [1.807, 2.05) is 6.92 Å². The predicted molar refractivity (Wildman–Crippen MR) is 77.6 cm³/mol. The van der Waals surface area contributed by atoms with E-state index < -0.39 is 5.97 Å². The largest absolute Gasteiger partial charge is 0.492 e. The van der Waals surface area contributed by atoms with Gasteiger partial charge >= 0.3 is 5.97 Å². The first kappa shape index (κ1) is 15.3. The highest BCUT2D eigenvalue weighted by Crippen LogP contribution is 2.13. The Labute approximate surface area is 123 Å². The van der Waals surface area contributed by atoms with Gasteiger partial charge in [-0.15, -0.1) is 0 Å². The van der Waals surface area contributed by atoms with Crippen molar-refractivity contribution >= 4 is 11.9 Å².